The van der Waals surface area contributed by atoms with Crippen LogP contribution in [0.4, 0.5) is 5.69 Å². The highest BCUT2D eigenvalue weighted by Crippen LogP contribution is 2.41. The van der Waals surface area contributed by atoms with Gasteiger partial charge in [-0.15, -0.1) is 11.3 Å². The zero-order valence-corrected chi connectivity index (χ0v) is 14.1. The van der Waals surface area contributed by atoms with E-state index >= 15 is 0 Å². The summed E-state index contributed by atoms with van der Waals surface area (Å²) in [6.07, 6.45) is 5.28. The van der Waals surface area contributed by atoms with Gasteiger partial charge < -0.3 is 10.4 Å². The summed E-state index contributed by atoms with van der Waals surface area (Å²) in [7, 11) is 0. The molecule has 6 heteroatoms. The molecular formula is C18H19N3O2S. The second-order valence-electron chi connectivity index (χ2n) is 6.22. The van der Waals surface area contributed by atoms with E-state index in [4.69, 9.17) is 10.1 Å². The highest BCUT2D eigenvalue weighted by molar-refractivity contribution is 7.15. The minimum atomic E-state index is -0.762. The average Bonchev–Trinajstić information content (AvgIpc) is 3.21. The first-order chi connectivity index (χ1) is 11.7. The maximum absolute atomic E-state index is 10.7. The number of aliphatic carboxylic acids is 1. The van der Waals surface area contributed by atoms with E-state index in [0.29, 0.717) is 12.3 Å². The number of aryl methyl sites for hydroxylation is 1. The fourth-order valence-corrected chi connectivity index (χ4v) is 3.72. The number of benzene rings is 1. The highest BCUT2D eigenvalue weighted by atomic mass is 32.1. The van der Waals surface area contributed by atoms with Crippen LogP contribution in [0.25, 0.3) is 4.96 Å². The zero-order valence-electron chi connectivity index (χ0n) is 13.2. The molecule has 2 aromatic heterocycles. The lowest BCUT2D eigenvalue weighted by molar-refractivity contribution is -0.136. The second-order valence-corrected chi connectivity index (χ2v) is 7.09. The van der Waals surface area contributed by atoms with E-state index in [1.807, 2.05) is 24.3 Å². The van der Waals surface area contributed by atoms with Gasteiger partial charge in [-0.1, -0.05) is 12.1 Å². The zero-order chi connectivity index (χ0) is 16.5. The number of nitrogens with one attached hydrogen (secondary N) is 1. The van der Waals surface area contributed by atoms with Crippen molar-refractivity contribution in [2.75, 3.05) is 5.32 Å². The largest absolute Gasteiger partial charge is 0.481 e. The SMILES string of the molecule is O=C(O)CCc1cccc(NCc2c(C3CC3)nc3sccn23)c1. The van der Waals surface area contributed by atoms with Crippen LogP contribution in [0, 0.1) is 0 Å². The number of hydrogen-bond acceptors (Lipinski definition) is 4. The third-order valence-electron chi connectivity index (χ3n) is 4.37. The van der Waals surface area contributed by atoms with Gasteiger partial charge in [-0.05, 0) is 37.0 Å². The standard InChI is InChI=1S/C18H19N3O2S/c22-16(23)7-4-12-2-1-3-14(10-12)19-11-15-17(13-5-6-13)20-18-21(15)8-9-24-18/h1-3,8-10,13,19H,4-7,11H2,(H,22,23). The summed E-state index contributed by atoms with van der Waals surface area (Å²) < 4.78 is 2.18. The van der Waals surface area contributed by atoms with Crippen molar-refractivity contribution in [3.8, 4) is 0 Å². The topological polar surface area (TPSA) is 66.6 Å². The summed E-state index contributed by atoms with van der Waals surface area (Å²) in [6, 6.07) is 8.00. The van der Waals surface area contributed by atoms with Crippen LogP contribution < -0.4 is 5.32 Å². The molecule has 1 saturated carbocycles. The van der Waals surface area contributed by atoms with Crippen LogP contribution in [0.5, 0.6) is 0 Å². The Morgan fingerprint density at radius 2 is 2.29 bits per heavy atom. The number of nitrogens with zero attached hydrogens (tertiary/aromatic N) is 2. The van der Waals surface area contributed by atoms with E-state index in [-0.39, 0.29) is 6.42 Å². The molecule has 3 aromatic rings. The Morgan fingerprint density at radius 3 is 3.08 bits per heavy atom. The Balaban J connectivity index is 1.51. The maximum atomic E-state index is 10.7. The minimum Gasteiger partial charge on any atom is -0.481 e. The van der Waals surface area contributed by atoms with Gasteiger partial charge in [0.25, 0.3) is 0 Å². The minimum absolute atomic E-state index is 0.160. The van der Waals surface area contributed by atoms with Crippen LogP contribution in [0.15, 0.2) is 35.8 Å². The normalized spacial score (nSPS) is 14.2. The smallest absolute Gasteiger partial charge is 0.303 e. The lowest BCUT2D eigenvalue weighted by Crippen LogP contribution is -2.05. The molecule has 1 fully saturated rings. The fourth-order valence-electron chi connectivity index (χ4n) is 2.98. The monoisotopic (exact) mass is 341 g/mol. The third-order valence-corrected chi connectivity index (χ3v) is 5.13. The van der Waals surface area contributed by atoms with Crippen LogP contribution in [-0.2, 0) is 17.8 Å². The lowest BCUT2D eigenvalue weighted by Gasteiger charge is -2.09. The summed E-state index contributed by atoms with van der Waals surface area (Å²) in [5.74, 6) is -0.141. The van der Waals surface area contributed by atoms with E-state index in [1.54, 1.807) is 11.3 Å². The summed E-state index contributed by atoms with van der Waals surface area (Å²) in [4.78, 5) is 16.6. The summed E-state index contributed by atoms with van der Waals surface area (Å²) in [5, 5.41) is 14.4. The van der Waals surface area contributed by atoms with Crippen molar-refractivity contribution in [2.45, 2.75) is 38.1 Å². The van der Waals surface area contributed by atoms with Crippen LogP contribution in [0.1, 0.15) is 42.1 Å². The molecule has 2 N–H and O–H groups in total. The molecule has 2 heterocycles. The molecule has 1 aliphatic carbocycles. The number of carboxylic acid groups (broad SMARTS) is 1. The predicted molar refractivity (Wildman–Crippen MR) is 94.8 cm³/mol. The van der Waals surface area contributed by atoms with Crippen LogP contribution >= 0.6 is 11.3 Å². The molecule has 0 bridgehead atoms. The first-order valence-electron chi connectivity index (χ1n) is 8.19. The molecule has 0 amide bonds. The van der Waals surface area contributed by atoms with Crippen molar-refractivity contribution < 1.29 is 9.90 Å². The van der Waals surface area contributed by atoms with Gasteiger partial charge in [-0.25, -0.2) is 4.98 Å². The third kappa shape index (κ3) is 3.14. The van der Waals surface area contributed by atoms with Crippen LogP contribution in [0.2, 0.25) is 0 Å². The molecule has 0 saturated heterocycles. The number of imidazole rings is 1. The van der Waals surface area contributed by atoms with Gasteiger partial charge in [0.15, 0.2) is 4.96 Å². The molecule has 0 aliphatic heterocycles. The Kier molecular flexibility index (Phi) is 3.98. The molecule has 4 rings (SSSR count). The van der Waals surface area contributed by atoms with Crippen molar-refractivity contribution in [1.82, 2.24) is 9.38 Å². The maximum Gasteiger partial charge on any atom is 0.303 e. The number of hydrogen-bond donors (Lipinski definition) is 2. The molecule has 124 valence electrons. The summed E-state index contributed by atoms with van der Waals surface area (Å²) >= 11 is 1.67. The number of anilines is 1. The molecule has 0 radical (unpaired) electrons. The number of aromatic nitrogens is 2. The Bertz CT molecular complexity index is 879. The molecule has 0 unspecified atom stereocenters. The Hall–Kier alpha value is -2.34. The molecule has 24 heavy (non-hydrogen) atoms. The molecule has 1 aliphatic rings. The van der Waals surface area contributed by atoms with Crippen molar-refractivity contribution in [1.29, 1.82) is 0 Å². The van der Waals surface area contributed by atoms with Gasteiger partial charge >= 0.3 is 5.97 Å². The van der Waals surface area contributed by atoms with E-state index < -0.39 is 5.97 Å². The van der Waals surface area contributed by atoms with Crippen molar-refractivity contribution in [3.63, 3.8) is 0 Å². The number of thiazole rings is 1. The first-order valence-corrected chi connectivity index (χ1v) is 9.07. The van der Waals surface area contributed by atoms with Crippen molar-refractivity contribution in [3.05, 3.63) is 52.8 Å². The van der Waals surface area contributed by atoms with Crippen molar-refractivity contribution in [2.24, 2.45) is 0 Å². The van der Waals surface area contributed by atoms with Crippen LogP contribution in [-0.4, -0.2) is 20.5 Å². The molecular weight excluding hydrogens is 322 g/mol. The summed E-state index contributed by atoms with van der Waals surface area (Å²) in [6.45, 7) is 0.728. The highest BCUT2D eigenvalue weighted by Gasteiger charge is 2.30. The molecule has 0 spiro atoms. The van der Waals surface area contributed by atoms with E-state index in [0.717, 1.165) is 22.8 Å². The van der Waals surface area contributed by atoms with Gasteiger partial charge in [-0.3, -0.25) is 9.20 Å². The Morgan fingerprint density at radius 1 is 1.42 bits per heavy atom. The van der Waals surface area contributed by atoms with Gasteiger partial charge in [0.05, 0.1) is 17.9 Å². The van der Waals surface area contributed by atoms with Gasteiger partial charge in [0.2, 0.25) is 0 Å². The van der Waals surface area contributed by atoms with E-state index in [2.05, 4.69) is 21.3 Å². The van der Waals surface area contributed by atoms with Gasteiger partial charge in [-0.2, -0.15) is 0 Å². The van der Waals surface area contributed by atoms with Crippen molar-refractivity contribution >= 4 is 28.0 Å². The lowest BCUT2D eigenvalue weighted by atomic mass is 10.1. The Labute approximate surface area is 144 Å². The molecule has 1 aromatic carbocycles. The molecule has 0 atom stereocenters. The summed E-state index contributed by atoms with van der Waals surface area (Å²) in [5.41, 5.74) is 4.53. The number of fused-ring (bicyclic) bond motifs is 1. The average molecular weight is 341 g/mol. The second kappa shape index (κ2) is 6.28. The number of carboxylic acids is 1. The quantitative estimate of drug-likeness (QED) is 0.684. The van der Waals surface area contributed by atoms with Gasteiger partial charge in [0, 0.05) is 29.6 Å². The first kappa shape index (κ1) is 15.2. The van der Waals surface area contributed by atoms with Gasteiger partial charge in [0.1, 0.15) is 0 Å². The van der Waals surface area contributed by atoms with E-state index in [9.17, 15) is 4.79 Å². The number of rotatable bonds is 7. The fraction of sp³-hybridized carbons (Fsp3) is 0.333. The van der Waals surface area contributed by atoms with E-state index in [1.165, 1.54) is 24.2 Å². The van der Waals surface area contributed by atoms with Crippen LogP contribution in [0.3, 0.4) is 0 Å². The predicted octanol–water partition coefficient (Wildman–Crippen LogP) is 3.90. The number of carbonyl (C=O) groups is 1. The molecule has 5 nitrogen and oxygen atoms in total.